The van der Waals surface area contributed by atoms with Gasteiger partial charge in [0.15, 0.2) is 6.29 Å². The molecule has 0 aliphatic heterocycles. The number of carbonyl (C=O) groups excluding carboxylic acids is 1. The van der Waals surface area contributed by atoms with Crippen LogP contribution >= 0.6 is 0 Å². The Balaban J connectivity index is 1.68. The van der Waals surface area contributed by atoms with E-state index in [9.17, 15) is 9.00 Å². The molecular weight excluding hydrogens is 404 g/mol. The lowest BCUT2D eigenvalue weighted by Gasteiger charge is -2.19. The van der Waals surface area contributed by atoms with E-state index in [-0.39, 0.29) is 5.41 Å². The second-order valence-electron chi connectivity index (χ2n) is 8.81. The summed E-state index contributed by atoms with van der Waals surface area (Å²) in [5, 5.41) is 0.915. The highest BCUT2D eigenvalue weighted by molar-refractivity contribution is 7.86. The van der Waals surface area contributed by atoms with Gasteiger partial charge in [0.1, 0.15) is 11.0 Å². The number of hydrogen-bond donors (Lipinski definition) is 2. The van der Waals surface area contributed by atoms with Gasteiger partial charge < -0.3 is 9.71 Å². The van der Waals surface area contributed by atoms with Gasteiger partial charge in [-0.05, 0) is 53.8 Å². The van der Waals surface area contributed by atoms with E-state index in [2.05, 4.69) is 36.5 Å². The molecule has 1 unspecified atom stereocenters. The number of nitrogens with one attached hydrogen (secondary N) is 2. The fourth-order valence-corrected chi connectivity index (χ4v) is 4.56. The van der Waals surface area contributed by atoms with Crippen molar-refractivity contribution in [1.29, 1.82) is 0 Å². The van der Waals surface area contributed by atoms with Gasteiger partial charge in [-0.25, -0.2) is 4.21 Å². The van der Waals surface area contributed by atoms with Gasteiger partial charge in [0, 0.05) is 22.2 Å². The number of aromatic amines is 1. The zero-order chi connectivity index (χ0) is 22.2. The number of hydrogen-bond acceptors (Lipinski definition) is 2. The molecule has 0 saturated heterocycles. The molecule has 0 bridgehead atoms. The summed E-state index contributed by atoms with van der Waals surface area (Å²) in [7, 11) is -1.39. The highest BCUT2D eigenvalue weighted by Crippen LogP contribution is 2.34. The first-order chi connectivity index (χ1) is 14.8. The van der Waals surface area contributed by atoms with Crippen molar-refractivity contribution in [1.82, 2.24) is 4.98 Å². The molecule has 158 valence electrons. The number of anilines is 1. The third-order valence-electron chi connectivity index (χ3n) is 5.40. The van der Waals surface area contributed by atoms with Gasteiger partial charge in [0.2, 0.25) is 0 Å². The maximum absolute atomic E-state index is 12.9. The summed E-state index contributed by atoms with van der Waals surface area (Å²) in [6.07, 6.45) is 0.847. The summed E-state index contributed by atoms with van der Waals surface area (Å²) in [6.45, 7) is 8.49. The molecule has 4 rings (SSSR count). The third kappa shape index (κ3) is 4.32. The maximum Gasteiger partial charge on any atom is 0.166 e. The second-order valence-corrected chi connectivity index (χ2v) is 10.0. The third-order valence-corrected chi connectivity index (χ3v) is 6.52. The molecule has 0 amide bonds. The first-order valence-electron chi connectivity index (χ1n) is 10.2. The molecule has 2 N–H and O–H groups in total. The molecule has 0 saturated carbocycles. The lowest BCUT2D eigenvalue weighted by atomic mass is 9.87. The molecule has 1 aromatic heterocycles. The van der Waals surface area contributed by atoms with E-state index >= 15 is 0 Å². The smallest absolute Gasteiger partial charge is 0.166 e. The Morgan fingerprint density at radius 1 is 0.968 bits per heavy atom. The van der Waals surface area contributed by atoms with Crippen LogP contribution in [0.4, 0.5) is 5.69 Å². The SMILES string of the molecule is Cc1cccc(-c2c(C=O)[nH]c3ccc(NS(=O)c4ccc(C(C)(C)C)cc4)cc23)c1. The van der Waals surface area contributed by atoms with Crippen molar-refractivity contribution in [2.24, 2.45) is 0 Å². The lowest BCUT2D eigenvalue weighted by Crippen LogP contribution is -2.11. The van der Waals surface area contributed by atoms with Crippen molar-refractivity contribution in [3.8, 4) is 11.1 Å². The molecule has 0 spiro atoms. The predicted octanol–water partition coefficient (Wildman–Crippen LogP) is 6.39. The van der Waals surface area contributed by atoms with Crippen LogP contribution in [0.5, 0.6) is 0 Å². The van der Waals surface area contributed by atoms with E-state index in [1.165, 1.54) is 5.56 Å². The summed E-state index contributed by atoms with van der Waals surface area (Å²) in [5.74, 6) is 0. The van der Waals surface area contributed by atoms with Gasteiger partial charge >= 0.3 is 0 Å². The Bertz CT molecular complexity index is 1280. The molecule has 31 heavy (non-hydrogen) atoms. The standard InChI is InChI=1S/C26H26N2O2S/c1-17-6-5-7-18(14-17)25-22-15-20(10-13-23(22)27-24(25)16-29)28-31(30)21-11-8-19(9-12-21)26(2,3)4/h5-16,27-28H,1-4H3. The van der Waals surface area contributed by atoms with Gasteiger partial charge in [-0.1, -0.05) is 62.7 Å². The number of benzene rings is 3. The Hall–Kier alpha value is -3.18. The monoisotopic (exact) mass is 430 g/mol. The molecule has 0 aliphatic rings. The summed E-state index contributed by atoms with van der Waals surface area (Å²) in [6, 6.07) is 21.6. The van der Waals surface area contributed by atoms with Crippen molar-refractivity contribution >= 4 is 33.9 Å². The number of fused-ring (bicyclic) bond motifs is 1. The molecule has 4 nitrogen and oxygen atoms in total. The molecule has 1 heterocycles. The highest BCUT2D eigenvalue weighted by Gasteiger charge is 2.16. The normalized spacial score (nSPS) is 12.6. The molecule has 1 atom stereocenters. The Morgan fingerprint density at radius 2 is 1.71 bits per heavy atom. The summed E-state index contributed by atoms with van der Waals surface area (Å²) in [5.41, 5.74) is 6.35. The average molecular weight is 431 g/mol. The second kappa shape index (κ2) is 8.16. The van der Waals surface area contributed by atoms with Crippen molar-refractivity contribution in [2.75, 3.05) is 4.72 Å². The predicted molar refractivity (Wildman–Crippen MR) is 129 cm³/mol. The van der Waals surface area contributed by atoms with Crippen molar-refractivity contribution < 1.29 is 9.00 Å². The van der Waals surface area contributed by atoms with Gasteiger partial charge in [0.05, 0.1) is 10.6 Å². The van der Waals surface area contributed by atoms with Crippen molar-refractivity contribution in [3.05, 3.63) is 83.6 Å². The van der Waals surface area contributed by atoms with Crippen LogP contribution in [0.3, 0.4) is 0 Å². The van der Waals surface area contributed by atoms with Crippen LogP contribution in [0.15, 0.2) is 71.6 Å². The molecular formula is C26H26N2O2S. The molecule has 0 fully saturated rings. The number of H-pyrrole nitrogens is 1. The van der Waals surface area contributed by atoms with E-state index < -0.39 is 11.0 Å². The highest BCUT2D eigenvalue weighted by atomic mass is 32.2. The van der Waals surface area contributed by atoms with E-state index in [1.54, 1.807) is 0 Å². The van der Waals surface area contributed by atoms with Crippen LogP contribution in [0.2, 0.25) is 0 Å². The number of aromatic nitrogens is 1. The van der Waals surface area contributed by atoms with Gasteiger partial charge in [-0.15, -0.1) is 0 Å². The quantitative estimate of drug-likeness (QED) is 0.361. The first kappa shape index (κ1) is 21.1. The molecule has 0 aliphatic carbocycles. The van der Waals surface area contributed by atoms with Crippen LogP contribution < -0.4 is 4.72 Å². The maximum atomic E-state index is 12.9. The van der Waals surface area contributed by atoms with Gasteiger partial charge in [-0.3, -0.25) is 4.79 Å². The zero-order valence-electron chi connectivity index (χ0n) is 18.2. The molecule has 0 radical (unpaired) electrons. The minimum absolute atomic E-state index is 0.0508. The number of carbonyl (C=O) groups is 1. The topological polar surface area (TPSA) is 62.0 Å². The average Bonchev–Trinajstić information content (AvgIpc) is 3.11. The van der Waals surface area contributed by atoms with Crippen LogP contribution in [0.25, 0.3) is 22.0 Å². The fourth-order valence-electron chi connectivity index (χ4n) is 3.72. The van der Waals surface area contributed by atoms with E-state index in [4.69, 9.17) is 0 Å². The fraction of sp³-hybridized carbons (Fsp3) is 0.192. The molecule has 5 heteroatoms. The molecule has 3 aromatic carbocycles. The van der Waals surface area contributed by atoms with Crippen LogP contribution in [-0.4, -0.2) is 15.5 Å². The number of rotatable bonds is 5. The molecule has 4 aromatic rings. The van der Waals surface area contributed by atoms with Gasteiger partial charge in [-0.2, -0.15) is 0 Å². The van der Waals surface area contributed by atoms with Crippen molar-refractivity contribution in [3.63, 3.8) is 0 Å². The number of aldehydes is 1. The minimum atomic E-state index is -1.39. The Kier molecular flexibility index (Phi) is 5.54. The van der Waals surface area contributed by atoms with E-state index in [0.717, 1.165) is 44.5 Å². The van der Waals surface area contributed by atoms with Crippen LogP contribution in [0.1, 0.15) is 42.4 Å². The lowest BCUT2D eigenvalue weighted by molar-refractivity contribution is 0.112. The number of aryl methyl sites for hydroxylation is 1. The first-order valence-corrected chi connectivity index (χ1v) is 11.4. The van der Waals surface area contributed by atoms with E-state index in [1.807, 2.05) is 67.6 Å². The Morgan fingerprint density at radius 3 is 2.35 bits per heavy atom. The van der Waals surface area contributed by atoms with Crippen LogP contribution in [-0.2, 0) is 16.4 Å². The Labute approximate surface area is 185 Å². The summed E-state index contributed by atoms with van der Waals surface area (Å²) < 4.78 is 16.0. The van der Waals surface area contributed by atoms with Crippen molar-refractivity contribution in [2.45, 2.75) is 38.0 Å². The van der Waals surface area contributed by atoms with E-state index in [0.29, 0.717) is 5.69 Å². The largest absolute Gasteiger partial charge is 0.352 e. The summed E-state index contributed by atoms with van der Waals surface area (Å²) in [4.78, 5) is 15.6. The summed E-state index contributed by atoms with van der Waals surface area (Å²) >= 11 is 0. The van der Waals surface area contributed by atoms with Crippen LogP contribution in [0, 0.1) is 6.92 Å². The zero-order valence-corrected chi connectivity index (χ0v) is 19.0. The van der Waals surface area contributed by atoms with Gasteiger partial charge in [0.25, 0.3) is 0 Å². The minimum Gasteiger partial charge on any atom is -0.352 e.